The number of nitrogens with zero attached hydrogens (tertiary/aromatic N) is 1. The van der Waals surface area contributed by atoms with Crippen molar-refractivity contribution in [2.45, 2.75) is 33.1 Å². The lowest BCUT2D eigenvalue weighted by molar-refractivity contribution is -0.141. The third-order valence-electron chi connectivity index (χ3n) is 2.11. The number of ether oxygens (including phenoxy) is 1. The zero-order valence-electron chi connectivity index (χ0n) is 10.2. The lowest BCUT2D eigenvalue weighted by atomic mass is 10.3. The van der Waals surface area contributed by atoms with Gasteiger partial charge in [0.2, 0.25) is 5.91 Å². The fourth-order valence-corrected chi connectivity index (χ4v) is 1.35. The maximum Gasteiger partial charge on any atom is 0.302 e. The Morgan fingerprint density at radius 1 is 1.31 bits per heavy atom. The van der Waals surface area contributed by atoms with Gasteiger partial charge in [-0.15, -0.1) is 0 Å². The Bertz CT molecular complexity index is 238. The topological polar surface area (TPSA) is 46.6 Å². The molecule has 1 amide bonds. The smallest absolute Gasteiger partial charge is 0.302 e. The van der Waals surface area contributed by atoms with Crippen LogP contribution in [0.5, 0.6) is 0 Å². The Morgan fingerprint density at radius 3 is 2.50 bits per heavy atom. The van der Waals surface area contributed by atoms with Crippen molar-refractivity contribution in [1.29, 1.82) is 0 Å². The van der Waals surface area contributed by atoms with Crippen LogP contribution in [-0.2, 0) is 14.3 Å². The number of esters is 1. The van der Waals surface area contributed by atoms with Gasteiger partial charge in [0, 0.05) is 20.0 Å². The highest BCUT2D eigenvalue weighted by molar-refractivity contribution is 5.86. The van der Waals surface area contributed by atoms with Gasteiger partial charge < -0.3 is 9.64 Å². The fourth-order valence-electron chi connectivity index (χ4n) is 1.35. The van der Waals surface area contributed by atoms with E-state index in [1.54, 1.807) is 4.90 Å². The molecule has 0 aromatic rings. The molecule has 0 saturated heterocycles. The summed E-state index contributed by atoms with van der Waals surface area (Å²) >= 11 is 0. The molecule has 0 fully saturated rings. The summed E-state index contributed by atoms with van der Waals surface area (Å²) in [6.07, 6.45) is 3.89. The maximum atomic E-state index is 11.4. The van der Waals surface area contributed by atoms with Crippen molar-refractivity contribution in [3.05, 3.63) is 12.7 Å². The van der Waals surface area contributed by atoms with Crippen molar-refractivity contribution in [2.75, 3.05) is 19.7 Å². The summed E-state index contributed by atoms with van der Waals surface area (Å²) in [6.45, 7) is 8.77. The van der Waals surface area contributed by atoms with Crippen LogP contribution < -0.4 is 0 Å². The Hall–Kier alpha value is -1.32. The highest BCUT2D eigenvalue weighted by Gasteiger charge is 2.07. The minimum Gasteiger partial charge on any atom is -0.466 e. The van der Waals surface area contributed by atoms with Crippen LogP contribution in [0.15, 0.2) is 12.7 Å². The molecule has 0 unspecified atom stereocenters. The molecule has 92 valence electrons. The van der Waals surface area contributed by atoms with E-state index >= 15 is 0 Å². The van der Waals surface area contributed by atoms with E-state index in [1.165, 1.54) is 13.0 Å². The number of hydrogen-bond donors (Lipinski definition) is 0. The summed E-state index contributed by atoms with van der Waals surface area (Å²) in [5, 5.41) is 0. The highest BCUT2D eigenvalue weighted by atomic mass is 16.5. The number of carbonyl (C=O) groups is 2. The molecule has 0 bridgehead atoms. The average Bonchev–Trinajstić information content (AvgIpc) is 2.25. The van der Waals surface area contributed by atoms with Crippen LogP contribution in [0.3, 0.4) is 0 Å². The second kappa shape index (κ2) is 8.95. The number of carbonyl (C=O) groups excluding carboxylic acids is 2. The summed E-state index contributed by atoms with van der Waals surface area (Å²) in [5.74, 6) is -0.290. The van der Waals surface area contributed by atoms with Crippen molar-refractivity contribution >= 4 is 11.9 Å². The second-order valence-electron chi connectivity index (χ2n) is 3.58. The first-order valence-corrected chi connectivity index (χ1v) is 5.66. The predicted molar refractivity (Wildman–Crippen MR) is 62.9 cm³/mol. The van der Waals surface area contributed by atoms with Gasteiger partial charge in [-0.1, -0.05) is 13.5 Å². The first kappa shape index (κ1) is 14.7. The van der Waals surface area contributed by atoms with Crippen LogP contribution in [0.4, 0.5) is 0 Å². The molecular weight excluding hydrogens is 206 g/mol. The van der Waals surface area contributed by atoms with Gasteiger partial charge in [-0.3, -0.25) is 9.59 Å². The van der Waals surface area contributed by atoms with Gasteiger partial charge in [-0.25, -0.2) is 0 Å². The number of unbranched alkanes of at least 4 members (excludes halogenated alkanes) is 1. The van der Waals surface area contributed by atoms with Gasteiger partial charge in [0.25, 0.3) is 0 Å². The minimum atomic E-state index is -0.257. The molecule has 0 heterocycles. The maximum absolute atomic E-state index is 11.4. The molecule has 0 aliphatic carbocycles. The van der Waals surface area contributed by atoms with Crippen molar-refractivity contribution in [2.24, 2.45) is 0 Å². The van der Waals surface area contributed by atoms with Crippen LogP contribution in [-0.4, -0.2) is 36.5 Å². The zero-order chi connectivity index (χ0) is 12.4. The van der Waals surface area contributed by atoms with Gasteiger partial charge in [0.15, 0.2) is 0 Å². The van der Waals surface area contributed by atoms with Crippen LogP contribution in [0, 0.1) is 0 Å². The molecule has 0 radical (unpaired) electrons. The largest absolute Gasteiger partial charge is 0.466 e. The molecule has 0 saturated carbocycles. The van der Waals surface area contributed by atoms with Crippen molar-refractivity contribution < 1.29 is 14.3 Å². The van der Waals surface area contributed by atoms with Gasteiger partial charge in [0.1, 0.15) is 0 Å². The monoisotopic (exact) mass is 227 g/mol. The molecule has 4 nitrogen and oxygen atoms in total. The van der Waals surface area contributed by atoms with Gasteiger partial charge in [0.05, 0.1) is 6.61 Å². The SMILES string of the molecule is C=CC(=O)N(CCC)CCCCOC(C)=O. The van der Waals surface area contributed by atoms with E-state index in [0.717, 1.165) is 25.8 Å². The number of amides is 1. The van der Waals surface area contributed by atoms with Gasteiger partial charge in [-0.2, -0.15) is 0 Å². The van der Waals surface area contributed by atoms with E-state index < -0.39 is 0 Å². The summed E-state index contributed by atoms with van der Waals surface area (Å²) in [6, 6.07) is 0. The Labute approximate surface area is 97.3 Å². The van der Waals surface area contributed by atoms with E-state index in [4.69, 9.17) is 4.74 Å². The third-order valence-corrected chi connectivity index (χ3v) is 2.11. The highest BCUT2D eigenvalue weighted by Crippen LogP contribution is 1.99. The first-order chi connectivity index (χ1) is 7.61. The van der Waals surface area contributed by atoms with E-state index in [-0.39, 0.29) is 11.9 Å². The van der Waals surface area contributed by atoms with Crippen molar-refractivity contribution in [1.82, 2.24) is 4.90 Å². The fraction of sp³-hybridized carbons (Fsp3) is 0.667. The molecule has 0 spiro atoms. The Balaban J connectivity index is 3.71. The molecule has 0 aliphatic heterocycles. The lowest BCUT2D eigenvalue weighted by Gasteiger charge is -2.20. The van der Waals surface area contributed by atoms with Crippen molar-refractivity contribution in [3.8, 4) is 0 Å². The first-order valence-electron chi connectivity index (χ1n) is 5.66. The zero-order valence-corrected chi connectivity index (χ0v) is 10.2. The van der Waals surface area contributed by atoms with Gasteiger partial charge in [-0.05, 0) is 25.3 Å². The summed E-state index contributed by atoms with van der Waals surface area (Å²) in [4.78, 5) is 23.7. The molecule has 0 aromatic heterocycles. The summed E-state index contributed by atoms with van der Waals surface area (Å²) < 4.78 is 4.81. The number of hydrogen-bond acceptors (Lipinski definition) is 3. The molecule has 0 rings (SSSR count). The van der Waals surface area contributed by atoms with E-state index in [0.29, 0.717) is 13.2 Å². The van der Waals surface area contributed by atoms with Crippen LogP contribution in [0.2, 0.25) is 0 Å². The van der Waals surface area contributed by atoms with Gasteiger partial charge >= 0.3 is 5.97 Å². The summed E-state index contributed by atoms with van der Waals surface area (Å²) in [5.41, 5.74) is 0. The Morgan fingerprint density at radius 2 is 2.00 bits per heavy atom. The quantitative estimate of drug-likeness (QED) is 0.360. The third kappa shape index (κ3) is 7.04. The standard InChI is InChI=1S/C12H21NO3/c1-4-8-13(12(15)5-2)9-6-7-10-16-11(3)14/h5H,2,4,6-10H2,1,3H3. The molecule has 4 heteroatoms. The second-order valence-corrected chi connectivity index (χ2v) is 3.58. The normalized spacial score (nSPS) is 9.62. The lowest BCUT2D eigenvalue weighted by Crippen LogP contribution is -2.31. The molecule has 0 N–H and O–H groups in total. The summed E-state index contributed by atoms with van der Waals surface area (Å²) in [7, 11) is 0. The molecule has 0 atom stereocenters. The van der Waals surface area contributed by atoms with Crippen LogP contribution in [0.25, 0.3) is 0 Å². The van der Waals surface area contributed by atoms with Crippen molar-refractivity contribution in [3.63, 3.8) is 0 Å². The minimum absolute atomic E-state index is 0.0330. The van der Waals surface area contributed by atoms with E-state index in [2.05, 4.69) is 6.58 Å². The van der Waals surface area contributed by atoms with E-state index in [9.17, 15) is 9.59 Å². The van der Waals surface area contributed by atoms with Crippen LogP contribution in [0.1, 0.15) is 33.1 Å². The predicted octanol–water partition coefficient (Wildman–Crippen LogP) is 1.75. The molecule has 16 heavy (non-hydrogen) atoms. The number of rotatable bonds is 8. The molecular formula is C12H21NO3. The molecule has 0 aromatic carbocycles. The van der Waals surface area contributed by atoms with Crippen LogP contribution >= 0.6 is 0 Å². The Kier molecular flexibility index (Phi) is 8.21. The van der Waals surface area contributed by atoms with E-state index in [1.807, 2.05) is 6.92 Å². The molecule has 0 aliphatic rings. The average molecular weight is 227 g/mol.